The van der Waals surface area contributed by atoms with Gasteiger partial charge >= 0.3 is 0 Å². The standard InChI is InChI=1S/C56H36N4/c1-3-13-41(14-4-1)59-53-23-9-7-21-51(53)57-55(59)39-29-25-37(26-30-39)43-17-11-19-45-47(43)33-35-50-46-20-12-18-44(48(46)34-36-49(45)50)38-27-31-40(32-28-38)56-58-52-22-8-10-24-54(52)60(56)42-15-5-2-6-16-42/h1-36H. The third-order valence-corrected chi connectivity index (χ3v) is 12.0. The Hall–Kier alpha value is -8.08. The maximum Gasteiger partial charge on any atom is 0.145 e. The van der Waals surface area contributed by atoms with Crippen LogP contribution >= 0.6 is 0 Å². The molecule has 2 heterocycles. The zero-order valence-electron chi connectivity index (χ0n) is 32.6. The monoisotopic (exact) mass is 764 g/mol. The Balaban J connectivity index is 0.908. The van der Waals surface area contributed by atoms with E-state index in [4.69, 9.17) is 9.97 Å². The summed E-state index contributed by atoms with van der Waals surface area (Å²) in [6.45, 7) is 0. The van der Waals surface area contributed by atoms with Crippen LogP contribution in [0.15, 0.2) is 218 Å². The van der Waals surface area contributed by atoms with Crippen LogP contribution in [0.5, 0.6) is 0 Å². The molecule has 12 rings (SSSR count). The van der Waals surface area contributed by atoms with Crippen molar-refractivity contribution in [3.05, 3.63) is 218 Å². The van der Waals surface area contributed by atoms with Crippen molar-refractivity contribution in [1.82, 2.24) is 19.1 Å². The van der Waals surface area contributed by atoms with Crippen LogP contribution < -0.4 is 0 Å². The summed E-state index contributed by atoms with van der Waals surface area (Å²) in [5.41, 5.74) is 13.3. The van der Waals surface area contributed by atoms with E-state index in [1.165, 1.54) is 54.6 Å². The third-order valence-electron chi connectivity index (χ3n) is 12.0. The molecule has 0 bridgehead atoms. The predicted octanol–water partition coefficient (Wildman–Crippen LogP) is 14.5. The number of hydrogen-bond donors (Lipinski definition) is 0. The number of imidazole rings is 2. The average Bonchev–Trinajstić information content (AvgIpc) is 3.91. The van der Waals surface area contributed by atoms with Crippen molar-refractivity contribution < 1.29 is 0 Å². The highest BCUT2D eigenvalue weighted by Crippen LogP contribution is 2.40. The second-order valence-electron chi connectivity index (χ2n) is 15.4. The minimum Gasteiger partial charge on any atom is -0.292 e. The van der Waals surface area contributed by atoms with Gasteiger partial charge in [-0.2, -0.15) is 0 Å². The van der Waals surface area contributed by atoms with Gasteiger partial charge in [-0.1, -0.05) is 170 Å². The predicted molar refractivity (Wildman–Crippen MR) is 250 cm³/mol. The molecule has 0 fully saturated rings. The van der Waals surface area contributed by atoms with Crippen molar-refractivity contribution in [3.63, 3.8) is 0 Å². The van der Waals surface area contributed by atoms with Crippen LogP contribution in [-0.2, 0) is 0 Å². The summed E-state index contributed by atoms with van der Waals surface area (Å²) >= 11 is 0. The van der Waals surface area contributed by atoms with Crippen molar-refractivity contribution in [1.29, 1.82) is 0 Å². The van der Waals surface area contributed by atoms with Crippen molar-refractivity contribution in [3.8, 4) is 56.4 Å². The van der Waals surface area contributed by atoms with Gasteiger partial charge in [-0.3, -0.25) is 9.13 Å². The van der Waals surface area contributed by atoms with E-state index in [2.05, 4.69) is 215 Å². The lowest BCUT2D eigenvalue weighted by molar-refractivity contribution is 1.10. The summed E-state index contributed by atoms with van der Waals surface area (Å²) in [6, 6.07) is 78.0. The Morgan fingerprint density at radius 2 is 0.600 bits per heavy atom. The first-order valence-corrected chi connectivity index (χ1v) is 20.4. The topological polar surface area (TPSA) is 35.6 Å². The molecule has 0 aliphatic rings. The maximum absolute atomic E-state index is 5.09. The highest BCUT2D eigenvalue weighted by atomic mass is 15.1. The molecule has 12 aromatic rings. The Kier molecular flexibility index (Phi) is 7.82. The molecule has 0 amide bonds. The van der Waals surface area contributed by atoms with E-state index >= 15 is 0 Å². The van der Waals surface area contributed by atoms with E-state index in [0.717, 1.165) is 56.2 Å². The van der Waals surface area contributed by atoms with Gasteiger partial charge in [0.2, 0.25) is 0 Å². The van der Waals surface area contributed by atoms with Gasteiger partial charge in [-0.15, -0.1) is 0 Å². The largest absolute Gasteiger partial charge is 0.292 e. The number of benzene rings is 10. The Morgan fingerprint density at radius 1 is 0.250 bits per heavy atom. The van der Waals surface area contributed by atoms with Crippen LogP contribution in [0, 0.1) is 0 Å². The summed E-state index contributed by atoms with van der Waals surface area (Å²) in [6.07, 6.45) is 0. The highest BCUT2D eigenvalue weighted by molar-refractivity contribution is 6.21. The van der Waals surface area contributed by atoms with E-state index in [0.29, 0.717) is 0 Å². The normalized spacial score (nSPS) is 11.7. The van der Waals surface area contributed by atoms with Gasteiger partial charge < -0.3 is 0 Å². The zero-order valence-corrected chi connectivity index (χ0v) is 32.6. The fourth-order valence-electron chi connectivity index (χ4n) is 9.16. The number of hydrogen-bond acceptors (Lipinski definition) is 2. The molecule has 0 atom stereocenters. The molecule has 0 spiro atoms. The maximum atomic E-state index is 5.09. The smallest absolute Gasteiger partial charge is 0.145 e. The van der Waals surface area contributed by atoms with Gasteiger partial charge in [0.25, 0.3) is 0 Å². The van der Waals surface area contributed by atoms with Crippen LogP contribution in [0.1, 0.15) is 0 Å². The van der Waals surface area contributed by atoms with E-state index < -0.39 is 0 Å². The van der Waals surface area contributed by atoms with Gasteiger partial charge in [-0.25, -0.2) is 9.97 Å². The number of fused-ring (bicyclic) bond motifs is 7. The molecular formula is C56H36N4. The minimum absolute atomic E-state index is 0.934. The quantitative estimate of drug-likeness (QED) is 0.158. The molecular weight excluding hydrogens is 729 g/mol. The summed E-state index contributed by atoms with van der Waals surface area (Å²) in [5.74, 6) is 1.87. The molecule has 0 saturated carbocycles. The second-order valence-corrected chi connectivity index (χ2v) is 15.4. The van der Waals surface area contributed by atoms with E-state index in [1.807, 2.05) is 12.1 Å². The molecule has 0 unspecified atom stereocenters. The number of nitrogens with zero attached hydrogens (tertiary/aromatic N) is 4. The lowest BCUT2D eigenvalue weighted by Gasteiger charge is -2.14. The van der Waals surface area contributed by atoms with Crippen molar-refractivity contribution in [2.75, 3.05) is 0 Å². The number of para-hydroxylation sites is 6. The fourth-order valence-corrected chi connectivity index (χ4v) is 9.16. The zero-order chi connectivity index (χ0) is 39.6. The van der Waals surface area contributed by atoms with Crippen molar-refractivity contribution in [2.45, 2.75) is 0 Å². The Morgan fingerprint density at radius 3 is 1.03 bits per heavy atom. The minimum atomic E-state index is 0.934. The Labute approximate surface area is 346 Å². The van der Waals surface area contributed by atoms with Gasteiger partial charge in [0.1, 0.15) is 11.6 Å². The molecule has 280 valence electrons. The van der Waals surface area contributed by atoms with Crippen LogP contribution in [0.4, 0.5) is 0 Å². The summed E-state index contributed by atoms with van der Waals surface area (Å²) < 4.78 is 4.51. The lowest BCUT2D eigenvalue weighted by Crippen LogP contribution is -1.97. The van der Waals surface area contributed by atoms with Gasteiger partial charge in [0.05, 0.1) is 22.1 Å². The summed E-state index contributed by atoms with van der Waals surface area (Å²) in [5, 5.41) is 7.48. The molecule has 4 heteroatoms. The van der Waals surface area contributed by atoms with Gasteiger partial charge in [0.15, 0.2) is 0 Å². The lowest BCUT2D eigenvalue weighted by atomic mass is 9.90. The average molecular weight is 765 g/mol. The van der Waals surface area contributed by atoms with Crippen LogP contribution in [0.25, 0.3) is 111 Å². The molecule has 60 heavy (non-hydrogen) atoms. The van der Waals surface area contributed by atoms with E-state index in [-0.39, 0.29) is 0 Å². The van der Waals surface area contributed by atoms with E-state index in [9.17, 15) is 0 Å². The van der Waals surface area contributed by atoms with Crippen LogP contribution in [-0.4, -0.2) is 19.1 Å². The number of rotatable bonds is 6. The van der Waals surface area contributed by atoms with Crippen molar-refractivity contribution in [2.24, 2.45) is 0 Å². The fraction of sp³-hybridized carbons (Fsp3) is 0. The molecule has 4 nitrogen and oxygen atoms in total. The first-order chi connectivity index (χ1) is 29.8. The van der Waals surface area contributed by atoms with Gasteiger partial charge in [0, 0.05) is 22.5 Å². The highest BCUT2D eigenvalue weighted by Gasteiger charge is 2.17. The van der Waals surface area contributed by atoms with Crippen LogP contribution in [0.3, 0.4) is 0 Å². The van der Waals surface area contributed by atoms with Crippen molar-refractivity contribution >= 4 is 54.4 Å². The second kappa shape index (κ2) is 13.8. The molecule has 0 N–H and O–H groups in total. The molecule has 0 aliphatic carbocycles. The summed E-state index contributed by atoms with van der Waals surface area (Å²) in [4.78, 5) is 10.2. The molecule has 10 aromatic carbocycles. The molecule has 2 aromatic heterocycles. The molecule has 0 saturated heterocycles. The Bertz CT molecular complexity index is 3320. The summed E-state index contributed by atoms with van der Waals surface area (Å²) in [7, 11) is 0. The first-order valence-electron chi connectivity index (χ1n) is 20.4. The van der Waals surface area contributed by atoms with E-state index in [1.54, 1.807) is 0 Å². The first kappa shape index (κ1) is 34.0. The SMILES string of the molecule is c1ccc(-n2c(-c3ccc(-c4cccc5c4ccc4c6cccc(-c7ccc(-c8nc9ccccc9n8-c8ccccc8)cc7)c6ccc54)cc3)nc3ccccc32)cc1. The van der Waals surface area contributed by atoms with Gasteiger partial charge in [-0.05, 0) is 103 Å². The number of aromatic nitrogens is 4. The third kappa shape index (κ3) is 5.46. The molecule has 0 aliphatic heterocycles. The van der Waals surface area contributed by atoms with Crippen LogP contribution in [0.2, 0.25) is 0 Å². The molecule has 0 radical (unpaired) electrons.